The van der Waals surface area contributed by atoms with Crippen LogP contribution in [0.15, 0.2) is 0 Å². The highest BCUT2D eigenvalue weighted by molar-refractivity contribution is 5.75. The van der Waals surface area contributed by atoms with Gasteiger partial charge in [-0.2, -0.15) is 0 Å². The summed E-state index contributed by atoms with van der Waals surface area (Å²) < 4.78 is 0. The molecule has 0 bridgehead atoms. The molecule has 3 N–H and O–H groups in total. The van der Waals surface area contributed by atoms with Gasteiger partial charge >= 0.3 is 6.09 Å². The average molecular weight is 343 g/mol. The second-order valence-corrected chi connectivity index (χ2v) is 6.50. The Hall–Kier alpha value is -1.34. The zero-order valence-corrected chi connectivity index (χ0v) is 14.9. The van der Waals surface area contributed by atoms with Crippen molar-refractivity contribution in [1.82, 2.24) is 9.96 Å². The molecule has 0 atom stereocenters. The highest BCUT2D eigenvalue weighted by atomic mass is 16.7. The van der Waals surface area contributed by atoms with Crippen LogP contribution < -0.4 is 5.73 Å². The monoisotopic (exact) mass is 343 g/mol. The van der Waals surface area contributed by atoms with Gasteiger partial charge in [0.1, 0.15) is 0 Å². The summed E-state index contributed by atoms with van der Waals surface area (Å²) >= 11 is 0. The lowest BCUT2D eigenvalue weighted by molar-refractivity contribution is -0.204. The van der Waals surface area contributed by atoms with Gasteiger partial charge < -0.3 is 15.7 Å². The summed E-state index contributed by atoms with van der Waals surface area (Å²) in [4.78, 5) is 30.2. The molecule has 1 saturated carbocycles. The Morgan fingerprint density at radius 3 is 2.42 bits per heavy atom. The van der Waals surface area contributed by atoms with Crippen LogP contribution in [0, 0.1) is 0 Å². The number of nitrogens with zero attached hydrogens (tertiary/aromatic N) is 2. The molecule has 1 aliphatic carbocycles. The largest absolute Gasteiger partial charge is 0.465 e. The lowest BCUT2D eigenvalue weighted by atomic mass is 9.95. The van der Waals surface area contributed by atoms with Crippen LogP contribution in [0.25, 0.3) is 0 Å². The molecule has 0 heterocycles. The minimum atomic E-state index is -0.992. The molecule has 24 heavy (non-hydrogen) atoms. The zero-order chi connectivity index (χ0) is 17.8. The summed E-state index contributed by atoms with van der Waals surface area (Å²) in [5, 5.41) is 10.4. The summed E-state index contributed by atoms with van der Waals surface area (Å²) in [6, 6.07) is 0.130. The number of hydrogen-bond donors (Lipinski definition) is 2. The maximum atomic E-state index is 12.5. The molecule has 0 spiro atoms. The molecule has 7 heteroatoms. The molecule has 0 radical (unpaired) electrons. The van der Waals surface area contributed by atoms with Crippen LogP contribution in [0.2, 0.25) is 0 Å². The van der Waals surface area contributed by atoms with Gasteiger partial charge in [0.15, 0.2) is 0 Å². The van der Waals surface area contributed by atoms with E-state index in [0.717, 1.165) is 56.3 Å². The Morgan fingerprint density at radius 1 is 1.12 bits per heavy atom. The Labute approximate surface area is 145 Å². The average Bonchev–Trinajstić information content (AvgIpc) is 2.58. The maximum absolute atomic E-state index is 12.5. The molecular weight excluding hydrogens is 310 g/mol. The molecular formula is C17H33N3O4. The second kappa shape index (κ2) is 12.1. The minimum Gasteiger partial charge on any atom is -0.465 e. The first-order valence-corrected chi connectivity index (χ1v) is 9.15. The SMILES string of the molecule is CN(CCON(C(=O)CCCCCCN)C1CCCCC1)C(=O)O. The number of carbonyl (C=O) groups is 2. The van der Waals surface area contributed by atoms with Gasteiger partial charge in [-0.1, -0.05) is 32.1 Å². The van der Waals surface area contributed by atoms with Gasteiger partial charge in [0.25, 0.3) is 0 Å². The van der Waals surface area contributed by atoms with Crippen LogP contribution in [0.3, 0.4) is 0 Å². The van der Waals surface area contributed by atoms with Crippen molar-refractivity contribution in [2.24, 2.45) is 5.73 Å². The predicted molar refractivity (Wildman–Crippen MR) is 92.5 cm³/mol. The number of amides is 2. The van der Waals surface area contributed by atoms with E-state index in [4.69, 9.17) is 15.7 Å². The molecule has 0 aromatic heterocycles. The van der Waals surface area contributed by atoms with E-state index in [9.17, 15) is 9.59 Å². The number of carboxylic acid groups (broad SMARTS) is 1. The zero-order valence-electron chi connectivity index (χ0n) is 14.9. The van der Waals surface area contributed by atoms with Gasteiger partial charge in [0.05, 0.1) is 12.6 Å². The molecule has 1 rings (SSSR count). The van der Waals surface area contributed by atoms with Gasteiger partial charge in [0, 0.05) is 20.0 Å². The minimum absolute atomic E-state index is 0.0210. The molecule has 0 unspecified atom stereocenters. The molecule has 0 saturated heterocycles. The summed E-state index contributed by atoms with van der Waals surface area (Å²) in [7, 11) is 1.50. The van der Waals surface area contributed by atoms with Crippen LogP contribution in [0.5, 0.6) is 0 Å². The van der Waals surface area contributed by atoms with E-state index in [0.29, 0.717) is 13.0 Å². The van der Waals surface area contributed by atoms with E-state index < -0.39 is 6.09 Å². The van der Waals surface area contributed by atoms with Crippen molar-refractivity contribution in [1.29, 1.82) is 0 Å². The molecule has 0 aromatic rings. The van der Waals surface area contributed by atoms with Crippen molar-refractivity contribution in [2.45, 2.75) is 70.3 Å². The van der Waals surface area contributed by atoms with Crippen molar-refractivity contribution in [3.63, 3.8) is 0 Å². The maximum Gasteiger partial charge on any atom is 0.407 e. The Balaban J connectivity index is 2.44. The molecule has 7 nitrogen and oxygen atoms in total. The second-order valence-electron chi connectivity index (χ2n) is 6.50. The molecule has 2 amide bonds. The van der Waals surface area contributed by atoms with Crippen LogP contribution in [0.4, 0.5) is 4.79 Å². The van der Waals surface area contributed by atoms with E-state index in [2.05, 4.69) is 0 Å². The number of rotatable bonds is 11. The first-order chi connectivity index (χ1) is 11.6. The number of nitrogens with two attached hydrogens (primary N) is 1. The molecule has 0 aromatic carbocycles. The van der Waals surface area contributed by atoms with Crippen molar-refractivity contribution in [3.05, 3.63) is 0 Å². The van der Waals surface area contributed by atoms with Crippen molar-refractivity contribution in [3.8, 4) is 0 Å². The fraction of sp³-hybridized carbons (Fsp3) is 0.882. The first kappa shape index (κ1) is 20.7. The summed E-state index contributed by atoms with van der Waals surface area (Å²) in [5.41, 5.74) is 5.48. The van der Waals surface area contributed by atoms with Gasteiger partial charge in [-0.15, -0.1) is 0 Å². The van der Waals surface area contributed by atoms with Crippen LogP contribution in [-0.2, 0) is 9.63 Å². The van der Waals surface area contributed by atoms with Crippen LogP contribution in [-0.4, -0.2) is 59.9 Å². The number of hydrogen-bond acceptors (Lipinski definition) is 4. The molecule has 1 aliphatic rings. The molecule has 0 aliphatic heterocycles. The van der Waals surface area contributed by atoms with E-state index in [-0.39, 0.29) is 25.1 Å². The lowest BCUT2D eigenvalue weighted by Crippen LogP contribution is -2.43. The van der Waals surface area contributed by atoms with Gasteiger partial charge in [0.2, 0.25) is 5.91 Å². The Morgan fingerprint density at radius 2 is 1.79 bits per heavy atom. The third-order valence-corrected chi connectivity index (χ3v) is 4.48. The fourth-order valence-electron chi connectivity index (χ4n) is 2.95. The first-order valence-electron chi connectivity index (χ1n) is 9.15. The predicted octanol–water partition coefficient (Wildman–Crippen LogP) is 2.60. The standard InChI is InChI=1S/C17H33N3O4/c1-19(17(22)23)13-14-24-20(15-9-5-4-6-10-15)16(21)11-7-2-3-8-12-18/h15H,2-14,18H2,1H3,(H,22,23). The topological polar surface area (TPSA) is 96.1 Å². The summed E-state index contributed by atoms with van der Waals surface area (Å²) in [6.45, 7) is 1.16. The molecule has 1 fully saturated rings. The highest BCUT2D eigenvalue weighted by Crippen LogP contribution is 2.24. The third kappa shape index (κ3) is 7.97. The Bertz CT molecular complexity index is 373. The van der Waals surface area contributed by atoms with Crippen molar-refractivity contribution in [2.75, 3.05) is 26.7 Å². The summed E-state index contributed by atoms with van der Waals surface area (Å²) in [5.74, 6) is 0.0210. The molecule has 140 valence electrons. The highest BCUT2D eigenvalue weighted by Gasteiger charge is 2.26. The van der Waals surface area contributed by atoms with Crippen LogP contribution in [0.1, 0.15) is 64.2 Å². The number of hydroxylamine groups is 2. The van der Waals surface area contributed by atoms with Crippen molar-refractivity contribution >= 4 is 12.0 Å². The number of unbranched alkanes of at least 4 members (excludes halogenated alkanes) is 3. The van der Waals surface area contributed by atoms with Gasteiger partial charge in [-0.05, 0) is 32.2 Å². The normalized spacial score (nSPS) is 15.2. The van der Waals surface area contributed by atoms with E-state index in [1.807, 2.05) is 0 Å². The lowest BCUT2D eigenvalue weighted by Gasteiger charge is -2.33. The number of likely N-dealkylation sites (N-methyl/N-ethyl adjacent to an activating group) is 1. The van der Waals surface area contributed by atoms with Gasteiger partial charge in [-0.25, -0.2) is 9.86 Å². The smallest absolute Gasteiger partial charge is 0.407 e. The summed E-state index contributed by atoms with van der Waals surface area (Å²) in [6.07, 6.45) is 8.76. The van der Waals surface area contributed by atoms with E-state index in [1.165, 1.54) is 18.5 Å². The number of carbonyl (C=O) groups excluding carboxylic acids is 1. The van der Waals surface area contributed by atoms with Gasteiger partial charge in [-0.3, -0.25) is 9.63 Å². The van der Waals surface area contributed by atoms with Crippen molar-refractivity contribution < 1.29 is 19.5 Å². The third-order valence-electron chi connectivity index (χ3n) is 4.48. The fourth-order valence-corrected chi connectivity index (χ4v) is 2.95. The van der Waals surface area contributed by atoms with Crippen LogP contribution >= 0.6 is 0 Å². The van der Waals surface area contributed by atoms with E-state index >= 15 is 0 Å². The van der Waals surface area contributed by atoms with E-state index in [1.54, 1.807) is 0 Å². The Kier molecular flexibility index (Phi) is 10.4. The quantitative estimate of drug-likeness (QED) is 0.444.